The lowest BCUT2D eigenvalue weighted by atomic mass is 10.0. The van der Waals surface area contributed by atoms with Gasteiger partial charge in [-0.3, -0.25) is 4.90 Å². The molecule has 29 heavy (non-hydrogen) atoms. The van der Waals surface area contributed by atoms with Gasteiger partial charge in [0.2, 0.25) is 0 Å². The molecule has 3 heterocycles. The Labute approximate surface area is 170 Å². The standard InChI is InChI=1S/C23H25N5O/c24-23-21(13-20(25-26-23)19-8-4-5-9-22(19)29)28-15-18-12-17(28)10-11-27(18)14-16-6-2-1-3-7-16/h1-9,13,17-18,29H,10-12,14-15H2,(H2,24,26)/t17-,18+/m1/s1. The number of phenolic OH excluding ortho intramolecular Hbond substituents is 1. The minimum Gasteiger partial charge on any atom is -0.507 e. The topological polar surface area (TPSA) is 78.5 Å². The molecule has 0 saturated carbocycles. The normalized spacial score (nSPS) is 21.4. The molecule has 2 bridgehead atoms. The summed E-state index contributed by atoms with van der Waals surface area (Å²) in [5, 5.41) is 18.6. The first-order valence-corrected chi connectivity index (χ1v) is 10.2. The summed E-state index contributed by atoms with van der Waals surface area (Å²) in [7, 11) is 0. The first-order valence-electron chi connectivity index (χ1n) is 10.2. The maximum Gasteiger partial charge on any atom is 0.169 e. The van der Waals surface area contributed by atoms with E-state index in [1.165, 1.54) is 5.56 Å². The zero-order valence-electron chi connectivity index (χ0n) is 16.3. The van der Waals surface area contributed by atoms with Crippen molar-refractivity contribution in [3.05, 3.63) is 66.2 Å². The van der Waals surface area contributed by atoms with Crippen molar-refractivity contribution < 1.29 is 5.11 Å². The molecule has 2 aromatic carbocycles. The van der Waals surface area contributed by atoms with Gasteiger partial charge < -0.3 is 15.7 Å². The molecule has 0 amide bonds. The molecule has 3 aromatic rings. The van der Waals surface area contributed by atoms with Crippen LogP contribution in [0.3, 0.4) is 0 Å². The molecule has 148 valence electrons. The van der Waals surface area contributed by atoms with E-state index in [9.17, 15) is 5.11 Å². The number of likely N-dealkylation sites (tertiary alicyclic amines) is 1. The van der Waals surface area contributed by atoms with E-state index in [1.807, 2.05) is 18.2 Å². The summed E-state index contributed by atoms with van der Waals surface area (Å²) in [5.74, 6) is 0.651. The van der Waals surface area contributed by atoms with Crippen LogP contribution in [0, 0.1) is 0 Å². The smallest absolute Gasteiger partial charge is 0.169 e. The molecule has 1 aromatic heterocycles. The maximum absolute atomic E-state index is 10.2. The fraction of sp³-hybridized carbons (Fsp3) is 0.304. The summed E-state index contributed by atoms with van der Waals surface area (Å²) in [5.41, 5.74) is 9.84. The molecule has 0 aliphatic carbocycles. The van der Waals surface area contributed by atoms with Crippen molar-refractivity contribution in [3.8, 4) is 17.0 Å². The monoisotopic (exact) mass is 387 g/mol. The first kappa shape index (κ1) is 17.9. The number of aromatic hydroxyl groups is 1. The van der Waals surface area contributed by atoms with Crippen LogP contribution in [-0.2, 0) is 6.54 Å². The van der Waals surface area contributed by atoms with Gasteiger partial charge in [-0.2, -0.15) is 0 Å². The van der Waals surface area contributed by atoms with Crippen LogP contribution in [0.2, 0.25) is 0 Å². The Bertz CT molecular complexity index is 1010. The van der Waals surface area contributed by atoms with E-state index in [1.54, 1.807) is 12.1 Å². The average molecular weight is 387 g/mol. The van der Waals surface area contributed by atoms with Crippen molar-refractivity contribution in [1.82, 2.24) is 15.1 Å². The summed E-state index contributed by atoms with van der Waals surface area (Å²) in [6, 6.07) is 20.8. The summed E-state index contributed by atoms with van der Waals surface area (Å²) in [6.07, 6.45) is 2.25. The molecule has 0 unspecified atom stereocenters. The van der Waals surface area contributed by atoms with Crippen LogP contribution in [0.4, 0.5) is 11.5 Å². The SMILES string of the molecule is Nc1nnc(-c2ccccc2O)cc1N1C[C@@H]2C[C@H]1CCN2Cc1ccccc1. The van der Waals surface area contributed by atoms with Crippen molar-refractivity contribution in [3.63, 3.8) is 0 Å². The maximum atomic E-state index is 10.2. The number of hydrogen-bond acceptors (Lipinski definition) is 6. The van der Waals surface area contributed by atoms with Crippen molar-refractivity contribution in [2.45, 2.75) is 31.5 Å². The first-order chi connectivity index (χ1) is 14.2. The summed E-state index contributed by atoms with van der Waals surface area (Å²) >= 11 is 0. The van der Waals surface area contributed by atoms with Gasteiger partial charge in [-0.05, 0) is 36.6 Å². The van der Waals surface area contributed by atoms with E-state index in [0.29, 0.717) is 29.2 Å². The second-order valence-electron chi connectivity index (χ2n) is 7.96. The number of piperidine rings is 1. The third-order valence-corrected chi connectivity index (χ3v) is 6.18. The highest BCUT2D eigenvalue weighted by molar-refractivity contribution is 5.74. The van der Waals surface area contributed by atoms with E-state index >= 15 is 0 Å². The number of phenols is 1. The molecule has 0 radical (unpaired) electrons. The van der Waals surface area contributed by atoms with Gasteiger partial charge in [0.15, 0.2) is 5.82 Å². The molecule has 6 nitrogen and oxygen atoms in total. The number of nitrogens with zero attached hydrogens (tertiary/aromatic N) is 4. The van der Waals surface area contributed by atoms with Crippen LogP contribution in [0.5, 0.6) is 5.75 Å². The highest BCUT2D eigenvalue weighted by Crippen LogP contribution is 2.38. The van der Waals surface area contributed by atoms with Crippen LogP contribution >= 0.6 is 0 Å². The number of benzene rings is 2. The van der Waals surface area contributed by atoms with Gasteiger partial charge in [0.1, 0.15) is 5.75 Å². The Morgan fingerprint density at radius 2 is 1.79 bits per heavy atom. The molecule has 6 heteroatoms. The van der Waals surface area contributed by atoms with Gasteiger partial charge in [0, 0.05) is 37.3 Å². The van der Waals surface area contributed by atoms with Crippen molar-refractivity contribution >= 4 is 11.5 Å². The van der Waals surface area contributed by atoms with Crippen LogP contribution < -0.4 is 10.6 Å². The number of hydrogen-bond donors (Lipinski definition) is 2. The average Bonchev–Trinajstić information content (AvgIpc) is 3.09. The molecule has 2 aliphatic rings. The van der Waals surface area contributed by atoms with Gasteiger partial charge in [-0.25, -0.2) is 0 Å². The summed E-state index contributed by atoms with van der Waals surface area (Å²) in [6.45, 7) is 3.01. The molecule has 0 spiro atoms. The molecule has 2 saturated heterocycles. The number of anilines is 2. The number of aromatic nitrogens is 2. The summed E-state index contributed by atoms with van der Waals surface area (Å²) < 4.78 is 0. The lowest BCUT2D eigenvalue weighted by Crippen LogP contribution is -2.39. The Balaban J connectivity index is 1.40. The lowest BCUT2D eigenvalue weighted by molar-refractivity contribution is 0.168. The molecular formula is C23H25N5O. The molecule has 2 atom stereocenters. The summed E-state index contributed by atoms with van der Waals surface area (Å²) in [4.78, 5) is 4.98. The van der Waals surface area contributed by atoms with Crippen LogP contribution in [-0.4, -0.2) is 45.4 Å². The minimum atomic E-state index is 0.201. The van der Waals surface area contributed by atoms with Gasteiger partial charge >= 0.3 is 0 Å². The van der Waals surface area contributed by atoms with Crippen molar-refractivity contribution in [2.24, 2.45) is 0 Å². The highest BCUT2D eigenvalue weighted by atomic mass is 16.3. The number of rotatable bonds is 4. The lowest BCUT2D eigenvalue weighted by Gasteiger charge is -2.32. The van der Waals surface area contributed by atoms with E-state index in [2.05, 4.69) is 50.3 Å². The third kappa shape index (κ3) is 3.40. The Morgan fingerprint density at radius 3 is 2.62 bits per heavy atom. The fourth-order valence-corrected chi connectivity index (χ4v) is 4.69. The molecule has 3 N–H and O–H groups in total. The van der Waals surface area contributed by atoms with Gasteiger partial charge in [0.05, 0.1) is 11.4 Å². The molecule has 5 rings (SSSR count). The molecule has 2 fully saturated rings. The predicted molar refractivity (Wildman–Crippen MR) is 115 cm³/mol. The van der Waals surface area contributed by atoms with Crippen LogP contribution in [0.15, 0.2) is 60.7 Å². The van der Waals surface area contributed by atoms with Crippen LogP contribution in [0.1, 0.15) is 18.4 Å². The van der Waals surface area contributed by atoms with E-state index < -0.39 is 0 Å². The second kappa shape index (κ2) is 7.37. The van der Waals surface area contributed by atoms with Gasteiger partial charge in [0.25, 0.3) is 0 Å². The molecular weight excluding hydrogens is 362 g/mol. The third-order valence-electron chi connectivity index (χ3n) is 6.18. The Kier molecular flexibility index (Phi) is 4.56. The van der Waals surface area contributed by atoms with Gasteiger partial charge in [-0.15, -0.1) is 10.2 Å². The van der Waals surface area contributed by atoms with Crippen molar-refractivity contribution in [2.75, 3.05) is 23.7 Å². The highest BCUT2D eigenvalue weighted by Gasteiger charge is 2.40. The zero-order valence-corrected chi connectivity index (χ0v) is 16.3. The van der Waals surface area contributed by atoms with Gasteiger partial charge in [-0.1, -0.05) is 42.5 Å². The van der Waals surface area contributed by atoms with E-state index in [0.717, 1.165) is 38.2 Å². The van der Waals surface area contributed by atoms with E-state index in [4.69, 9.17) is 5.73 Å². The fourth-order valence-electron chi connectivity index (χ4n) is 4.69. The minimum absolute atomic E-state index is 0.201. The Hall–Kier alpha value is -3.12. The van der Waals surface area contributed by atoms with E-state index in [-0.39, 0.29) is 5.75 Å². The second-order valence-corrected chi connectivity index (χ2v) is 7.96. The number of fused-ring (bicyclic) bond motifs is 2. The molecule has 2 aliphatic heterocycles. The quantitative estimate of drug-likeness (QED) is 0.715. The number of para-hydroxylation sites is 1. The number of nitrogen functional groups attached to an aromatic ring is 1. The van der Waals surface area contributed by atoms with Crippen LogP contribution in [0.25, 0.3) is 11.3 Å². The zero-order chi connectivity index (χ0) is 19.8. The van der Waals surface area contributed by atoms with Crippen molar-refractivity contribution in [1.29, 1.82) is 0 Å². The predicted octanol–water partition coefficient (Wildman–Crippen LogP) is 3.28. The number of nitrogens with two attached hydrogens (primary N) is 1. The Morgan fingerprint density at radius 1 is 1.00 bits per heavy atom. The largest absolute Gasteiger partial charge is 0.507 e.